The SMILES string of the molecule is CC(C)NC(=O)Nc1ncc[nH]1. The highest BCUT2D eigenvalue weighted by atomic mass is 16.2. The molecule has 0 bridgehead atoms. The van der Waals surface area contributed by atoms with Gasteiger partial charge < -0.3 is 10.3 Å². The maximum Gasteiger partial charge on any atom is 0.321 e. The average Bonchev–Trinajstić information content (AvgIpc) is 2.37. The van der Waals surface area contributed by atoms with E-state index in [0.717, 1.165) is 0 Å². The van der Waals surface area contributed by atoms with Crippen LogP contribution in [0.5, 0.6) is 0 Å². The lowest BCUT2D eigenvalue weighted by Gasteiger charge is -2.07. The number of aromatic nitrogens is 2. The number of hydrogen-bond donors (Lipinski definition) is 3. The lowest BCUT2D eigenvalue weighted by atomic mass is 10.4. The number of rotatable bonds is 2. The van der Waals surface area contributed by atoms with Crippen molar-refractivity contribution in [3.63, 3.8) is 0 Å². The second-order valence-electron chi connectivity index (χ2n) is 2.69. The zero-order valence-electron chi connectivity index (χ0n) is 7.09. The largest absolute Gasteiger partial charge is 0.336 e. The fourth-order valence-corrected chi connectivity index (χ4v) is 0.739. The van der Waals surface area contributed by atoms with Crippen LogP contribution in [0.15, 0.2) is 12.4 Å². The Morgan fingerprint density at radius 3 is 2.92 bits per heavy atom. The number of nitrogens with zero attached hydrogens (tertiary/aromatic N) is 1. The fraction of sp³-hybridized carbons (Fsp3) is 0.429. The number of carbonyl (C=O) groups excluding carboxylic acids is 1. The fourth-order valence-electron chi connectivity index (χ4n) is 0.739. The molecule has 12 heavy (non-hydrogen) atoms. The van der Waals surface area contributed by atoms with Crippen molar-refractivity contribution in [3.8, 4) is 0 Å². The summed E-state index contributed by atoms with van der Waals surface area (Å²) >= 11 is 0. The summed E-state index contributed by atoms with van der Waals surface area (Å²) in [5, 5.41) is 5.21. The average molecular weight is 168 g/mol. The number of aromatic amines is 1. The van der Waals surface area contributed by atoms with Gasteiger partial charge in [-0.05, 0) is 13.8 Å². The van der Waals surface area contributed by atoms with Crippen LogP contribution in [0, 0.1) is 0 Å². The first-order chi connectivity index (χ1) is 5.68. The second-order valence-corrected chi connectivity index (χ2v) is 2.69. The van der Waals surface area contributed by atoms with E-state index < -0.39 is 0 Å². The summed E-state index contributed by atoms with van der Waals surface area (Å²) in [5.74, 6) is 0.452. The maximum absolute atomic E-state index is 11.0. The first kappa shape index (κ1) is 8.58. The first-order valence-electron chi connectivity index (χ1n) is 3.75. The molecule has 1 heterocycles. The highest BCUT2D eigenvalue weighted by molar-refractivity contribution is 5.87. The molecule has 1 aromatic heterocycles. The molecule has 2 amide bonds. The van der Waals surface area contributed by atoms with E-state index in [1.54, 1.807) is 12.4 Å². The van der Waals surface area contributed by atoms with Gasteiger partial charge in [-0.3, -0.25) is 5.32 Å². The Kier molecular flexibility index (Phi) is 2.68. The van der Waals surface area contributed by atoms with Crippen LogP contribution in [0.2, 0.25) is 0 Å². The number of amides is 2. The van der Waals surface area contributed by atoms with Crippen molar-refractivity contribution in [2.24, 2.45) is 0 Å². The lowest BCUT2D eigenvalue weighted by Crippen LogP contribution is -2.34. The van der Waals surface area contributed by atoms with Crippen molar-refractivity contribution in [2.75, 3.05) is 5.32 Å². The van der Waals surface area contributed by atoms with Crippen LogP contribution in [-0.2, 0) is 0 Å². The molecule has 0 saturated heterocycles. The summed E-state index contributed by atoms with van der Waals surface area (Å²) in [5.41, 5.74) is 0. The molecule has 0 aromatic carbocycles. The van der Waals surface area contributed by atoms with E-state index in [-0.39, 0.29) is 12.1 Å². The first-order valence-corrected chi connectivity index (χ1v) is 3.75. The van der Waals surface area contributed by atoms with Crippen molar-refractivity contribution in [3.05, 3.63) is 12.4 Å². The number of anilines is 1. The number of H-pyrrole nitrogens is 1. The quantitative estimate of drug-likeness (QED) is 0.615. The number of urea groups is 1. The summed E-state index contributed by atoms with van der Waals surface area (Å²) in [7, 11) is 0. The number of carbonyl (C=O) groups is 1. The maximum atomic E-state index is 11.0. The molecule has 0 spiro atoms. The van der Waals surface area contributed by atoms with Crippen molar-refractivity contribution < 1.29 is 4.79 Å². The van der Waals surface area contributed by atoms with Crippen LogP contribution in [0.1, 0.15) is 13.8 Å². The highest BCUT2D eigenvalue weighted by Crippen LogP contribution is 1.93. The zero-order valence-corrected chi connectivity index (χ0v) is 7.09. The normalized spacial score (nSPS) is 9.92. The Hall–Kier alpha value is -1.52. The van der Waals surface area contributed by atoms with Crippen molar-refractivity contribution in [1.29, 1.82) is 0 Å². The topological polar surface area (TPSA) is 69.8 Å². The van der Waals surface area contributed by atoms with Gasteiger partial charge in [0.1, 0.15) is 0 Å². The third kappa shape index (κ3) is 2.61. The molecule has 0 aliphatic rings. The highest BCUT2D eigenvalue weighted by Gasteiger charge is 2.03. The van der Waals surface area contributed by atoms with Crippen molar-refractivity contribution in [2.45, 2.75) is 19.9 Å². The van der Waals surface area contributed by atoms with Gasteiger partial charge in [-0.25, -0.2) is 9.78 Å². The van der Waals surface area contributed by atoms with E-state index in [9.17, 15) is 4.79 Å². The van der Waals surface area contributed by atoms with Gasteiger partial charge in [0.15, 0.2) is 0 Å². The predicted octanol–water partition coefficient (Wildman–Crippen LogP) is 0.940. The summed E-state index contributed by atoms with van der Waals surface area (Å²) in [6.07, 6.45) is 3.22. The standard InChI is InChI=1S/C7H12N4O/c1-5(2)10-7(12)11-6-8-3-4-9-6/h3-5H,1-2H3,(H3,8,9,10,11,12). The summed E-state index contributed by atoms with van der Waals surface area (Å²) in [6.45, 7) is 3.78. The Balaban J connectivity index is 2.37. The Morgan fingerprint density at radius 1 is 1.67 bits per heavy atom. The Labute approximate surface area is 70.6 Å². The van der Waals surface area contributed by atoms with Crippen LogP contribution in [-0.4, -0.2) is 22.0 Å². The predicted molar refractivity (Wildman–Crippen MR) is 45.9 cm³/mol. The molecule has 0 radical (unpaired) electrons. The monoisotopic (exact) mass is 168 g/mol. The van der Waals surface area contributed by atoms with Gasteiger partial charge in [0, 0.05) is 18.4 Å². The minimum Gasteiger partial charge on any atom is -0.336 e. The molecule has 5 nitrogen and oxygen atoms in total. The molecule has 0 fully saturated rings. The van der Waals surface area contributed by atoms with E-state index in [1.165, 1.54) is 0 Å². The van der Waals surface area contributed by atoms with Gasteiger partial charge in [-0.15, -0.1) is 0 Å². The minimum atomic E-state index is -0.250. The molecule has 0 aliphatic heterocycles. The summed E-state index contributed by atoms with van der Waals surface area (Å²) < 4.78 is 0. The van der Waals surface area contributed by atoms with Gasteiger partial charge in [0.05, 0.1) is 0 Å². The molecule has 0 unspecified atom stereocenters. The van der Waals surface area contributed by atoms with E-state index in [4.69, 9.17) is 0 Å². The third-order valence-corrected chi connectivity index (χ3v) is 1.15. The molecule has 0 aliphatic carbocycles. The van der Waals surface area contributed by atoms with Crippen LogP contribution in [0.25, 0.3) is 0 Å². The van der Waals surface area contributed by atoms with Crippen LogP contribution in [0.4, 0.5) is 10.7 Å². The van der Waals surface area contributed by atoms with Gasteiger partial charge in [0.25, 0.3) is 0 Å². The summed E-state index contributed by atoms with van der Waals surface area (Å²) in [6, 6.07) is -0.125. The molecule has 3 N–H and O–H groups in total. The molecule has 0 saturated carbocycles. The van der Waals surface area contributed by atoms with Crippen LogP contribution in [0.3, 0.4) is 0 Å². The number of hydrogen-bond acceptors (Lipinski definition) is 2. The molecular formula is C7H12N4O. The number of nitrogens with one attached hydrogen (secondary N) is 3. The van der Waals surface area contributed by atoms with Gasteiger partial charge in [0.2, 0.25) is 5.95 Å². The van der Waals surface area contributed by atoms with Crippen LogP contribution < -0.4 is 10.6 Å². The minimum absolute atomic E-state index is 0.125. The van der Waals surface area contributed by atoms with E-state index >= 15 is 0 Å². The van der Waals surface area contributed by atoms with Gasteiger partial charge in [-0.2, -0.15) is 0 Å². The second kappa shape index (κ2) is 3.75. The molecule has 0 atom stereocenters. The summed E-state index contributed by atoms with van der Waals surface area (Å²) in [4.78, 5) is 17.6. The molecule has 66 valence electrons. The molecular weight excluding hydrogens is 156 g/mol. The zero-order chi connectivity index (χ0) is 8.97. The van der Waals surface area contributed by atoms with Crippen molar-refractivity contribution >= 4 is 12.0 Å². The van der Waals surface area contributed by atoms with Crippen LogP contribution >= 0.6 is 0 Å². The van der Waals surface area contributed by atoms with Gasteiger partial charge >= 0.3 is 6.03 Å². The van der Waals surface area contributed by atoms with Crippen molar-refractivity contribution in [1.82, 2.24) is 15.3 Å². The smallest absolute Gasteiger partial charge is 0.321 e. The van der Waals surface area contributed by atoms with E-state index in [1.807, 2.05) is 13.8 Å². The Bertz CT molecular complexity index is 242. The van der Waals surface area contributed by atoms with Gasteiger partial charge in [-0.1, -0.05) is 0 Å². The third-order valence-electron chi connectivity index (χ3n) is 1.15. The van der Waals surface area contributed by atoms with E-state index in [2.05, 4.69) is 20.6 Å². The molecule has 1 aromatic rings. The number of imidazole rings is 1. The lowest BCUT2D eigenvalue weighted by molar-refractivity contribution is 0.250. The molecule has 1 rings (SSSR count). The Morgan fingerprint density at radius 2 is 2.42 bits per heavy atom. The van der Waals surface area contributed by atoms with E-state index in [0.29, 0.717) is 5.95 Å². The molecule has 5 heteroatoms.